The van der Waals surface area contributed by atoms with Crippen LogP contribution in [0.15, 0.2) is 34.9 Å². The summed E-state index contributed by atoms with van der Waals surface area (Å²) in [5.74, 6) is 0.866. The summed E-state index contributed by atoms with van der Waals surface area (Å²) < 4.78 is 0.936. The second-order valence-electron chi connectivity index (χ2n) is 4.37. The van der Waals surface area contributed by atoms with Crippen molar-refractivity contribution in [1.29, 1.82) is 0 Å². The molecule has 94 valence electrons. The third-order valence-electron chi connectivity index (χ3n) is 3.02. The SMILES string of the molecule is Cc1ccc(N(C)c2ncc(N)c(C)c2Br)cc1. The van der Waals surface area contributed by atoms with Gasteiger partial charge in [-0.05, 0) is 47.5 Å². The van der Waals surface area contributed by atoms with Crippen molar-refractivity contribution in [2.24, 2.45) is 0 Å². The maximum Gasteiger partial charge on any atom is 0.147 e. The number of aromatic nitrogens is 1. The fourth-order valence-electron chi connectivity index (χ4n) is 1.70. The molecule has 0 atom stereocenters. The van der Waals surface area contributed by atoms with Gasteiger partial charge < -0.3 is 10.6 Å². The minimum Gasteiger partial charge on any atom is -0.397 e. The molecule has 0 aliphatic rings. The van der Waals surface area contributed by atoms with Gasteiger partial charge in [-0.25, -0.2) is 4.98 Å². The highest BCUT2D eigenvalue weighted by Gasteiger charge is 2.12. The van der Waals surface area contributed by atoms with E-state index in [4.69, 9.17) is 5.73 Å². The van der Waals surface area contributed by atoms with Gasteiger partial charge in [0.05, 0.1) is 16.4 Å². The van der Waals surface area contributed by atoms with E-state index in [0.717, 1.165) is 21.5 Å². The summed E-state index contributed by atoms with van der Waals surface area (Å²) in [5.41, 5.74) is 9.89. The molecule has 1 aromatic heterocycles. The maximum atomic E-state index is 5.84. The van der Waals surface area contributed by atoms with Gasteiger partial charge in [-0.2, -0.15) is 0 Å². The Bertz CT molecular complexity index is 564. The summed E-state index contributed by atoms with van der Waals surface area (Å²) in [5, 5.41) is 0. The first-order valence-electron chi connectivity index (χ1n) is 5.71. The number of pyridine rings is 1. The van der Waals surface area contributed by atoms with Crippen molar-refractivity contribution in [3.8, 4) is 0 Å². The molecule has 0 unspecified atom stereocenters. The molecule has 0 spiro atoms. The third-order valence-corrected chi connectivity index (χ3v) is 3.97. The average Bonchev–Trinajstić information content (AvgIpc) is 2.36. The van der Waals surface area contributed by atoms with Crippen LogP contribution in [0, 0.1) is 13.8 Å². The van der Waals surface area contributed by atoms with Crippen LogP contribution in [0.4, 0.5) is 17.2 Å². The molecule has 0 aliphatic carbocycles. The van der Waals surface area contributed by atoms with Crippen LogP contribution in [0.1, 0.15) is 11.1 Å². The molecule has 0 saturated carbocycles. The second kappa shape index (κ2) is 4.98. The molecule has 2 rings (SSSR count). The highest BCUT2D eigenvalue weighted by Crippen LogP contribution is 2.33. The Morgan fingerprint density at radius 1 is 1.17 bits per heavy atom. The fourth-order valence-corrected chi connectivity index (χ4v) is 2.30. The number of hydrogen-bond acceptors (Lipinski definition) is 3. The highest BCUT2D eigenvalue weighted by atomic mass is 79.9. The van der Waals surface area contributed by atoms with Crippen molar-refractivity contribution in [3.63, 3.8) is 0 Å². The van der Waals surface area contributed by atoms with Crippen LogP contribution in [-0.2, 0) is 0 Å². The minimum atomic E-state index is 0.697. The van der Waals surface area contributed by atoms with Crippen LogP contribution in [0.25, 0.3) is 0 Å². The van der Waals surface area contributed by atoms with Crippen molar-refractivity contribution in [2.75, 3.05) is 17.7 Å². The predicted octanol–water partition coefficient (Wildman–Crippen LogP) is 3.81. The summed E-state index contributed by atoms with van der Waals surface area (Å²) in [6, 6.07) is 8.33. The van der Waals surface area contributed by atoms with E-state index in [0.29, 0.717) is 5.69 Å². The van der Waals surface area contributed by atoms with Crippen LogP contribution in [0.5, 0.6) is 0 Å². The van der Waals surface area contributed by atoms with Crippen LogP contribution < -0.4 is 10.6 Å². The lowest BCUT2D eigenvalue weighted by Crippen LogP contribution is -2.12. The summed E-state index contributed by atoms with van der Waals surface area (Å²) in [4.78, 5) is 6.43. The van der Waals surface area contributed by atoms with Crippen LogP contribution in [0.3, 0.4) is 0 Å². The molecule has 2 aromatic rings. The van der Waals surface area contributed by atoms with Crippen LogP contribution in [-0.4, -0.2) is 12.0 Å². The summed E-state index contributed by atoms with van der Waals surface area (Å²) in [6.45, 7) is 4.05. The largest absolute Gasteiger partial charge is 0.397 e. The first kappa shape index (κ1) is 12.9. The Kier molecular flexibility index (Phi) is 3.57. The summed E-state index contributed by atoms with van der Waals surface area (Å²) in [6.07, 6.45) is 1.69. The zero-order valence-electron chi connectivity index (χ0n) is 10.7. The number of anilines is 3. The quantitative estimate of drug-likeness (QED) is 0.917. The first-order chi connectivity index (χ1) is 8.50. The zero-order valence-corrected chi connectivity index (χ0v) is 12.3. The van der Waals surface area contributed by atoms with Crippen molar-refractivity contribution in [1.82, 2.24) is 4.98 Å². The number of nitrogens with two attached hydrogens (primary N) is 1. The maximum absolute atomic E-state index is 5.84. The van der Waals surface area contributed by atoms with E-state index in [9.17, 15) is 0 Å². The minimum absolute atomic E-state index is 0.697. The lowest BCUT2D eigenvalue weighted by molar-refractivity contribution is 1.11. The molecule has 0 aliphatic heterocycles. The van der Waals surface area contributed by atoms with Gasteiger partial charge in [0.2, 0.25) is 0 Å². The third kappa shape index (κ3) is 2.34. The topological polar surface area (TPSA) is 42.2 Å². The van der Waals surface area contributed by atoms with Crippen molar-refractivity contribution in [3.05, 3.63) is 46.1 Å². The van der Waals surface area contributed by atoms with Gasteiger partial charge in [-0.1, -0.05) is 17.7 Å². The van der Waals surface area contributed by atoms with Gasteiger partial charge in [-0.3, -0.25) is 0 Å². The van der Waals surface area contributed by atoms with Gasteiger partial charge in [-0.15, -0.1) is 0 Å². The molecular weight excluding hydrogens is 290 g/mol. The fraction of sp³-hybridized carbons (Fsp3) is 0.214. The molecule has 3 nitrogen and oxygen atoms in total. The molecule has 2 N–H and O–H groups in total. The smallest absolute Gasteiger partial charge is 0.147 e. The normalized spacial score (nSPS) is 10.4. The van der Waals surface area contributed by atoms with E-state index in [1.807, 2.05) is 18.9 Å². The van der Waals surface area contributed by atoms with E-state index in [1.54, 1.807) is 6.20 Å². The zero-order chi connectivity index (χ0) is 13.3. The van der Waals surface area contributed by atoms with E-state index < -0.39 is 0 Å². The van der Waals surface area contributed by atoms with Gasteiger partial charge in [0, 0.05) is 12.7 Å². The summed E-state index contributed by atoms with van der Waals surface area (Å²) in [7, 11) is 1.99. The van der Waals surface area contributed by atoms with Gasteiger partial charge in [0.15, 0.2) is 0 Å². The number of benzene rings is 1. The molecule has 4 heteroatoms. The number of nitrogens with zero attached hydrogens (tertiary/aromatic N) is 2. The molecule has 1 heterocycles. The molecular formula is C14H16BrN3. The summed E-state index contributed by atoms with van der Waals surface area (Å²) >= 11 is 3.56. The number of nitrogen functional groups attached to an aromatic ring is 1. The molecule has 1 aromatic carbocycles. The molecule has 0 saturated heterocycles. The Balaban J connectivity index is 2.43. The van der Waals surface area contributed by atoms with Crippen LogP contribution in [0.2, 0.25) is 0 Å². The highest BCUT2D eigenvalue weighted by molar-refractivity contribution is 9.10. The molecule has 18 heavy (non-hydrogen) atoms. The number of halogens is 1. The lowest BCUT2D eigenvalue weighted by Gasteiger charge is -2.21. The second-order valence-corrected chi connectivity index (χ2v) is 5.16. The lowest BCUT2D eigenvalue weighted by atomic mass is 10.2. The van der Waals surface area contributed by atoms with Gasteiger partial charge >= 0.3 is 0 Å². The number of rotatable bonds is 2. The predicted molar refractivity (Wildman–Crippen MR) is 80.3 cm³/mol. The van der Waals surface area contributed by atoms with Crippen molar-refractivity contribution < 1.29 is 0 Å². The van der Waals surface area contributed by atoms with Crippen molar-refractivity contribution >= 4 is 33.1 Å². The average molecular weight is 306 g/mol. The molecule has 0 radical (unpaired) electrons. The Labute approximate surface area is 116 Å². The standard InChI is InChI=1S/C14H16BrN3/c1-9-4-6-11(7-5-9)18(3)14-13(15)10(2)12(16)8-17-14/h4-8H,16H2,1-3H3. The monoisotopic (exact) mass is 305 g/mol. The molecule has 0 fully saturated rings. The first-order valence-corrected chi connectivity index (χ1v) is 6.51. The number of aryl methyl sites for hydroxylation is 1. The van der Waals surface area contributed by atoms with E-state index in [1.165, 1.54) is 5.56 Å². The van der Waals surface area contributed by atoms with Crippen molar-refractivity contribution in [2.45, 2.75) is 13.8 Å². The van der Waals surface area contributed by atoms with Gasteiger partial charge in [0.1, 0.15) is 5.82 Å². The number of hydrogen-bond donors (Lipinski definition) is 1. The Hall–Kier alpha value is -1.55. The molecule has 0 amide bonds. The van der Waals surface area contributed by atoms with E-state index in [-0.39, 0.29) is 0 Å². The van der Waals surface area contributed by atoms with E-state index in [2.05, 4.69) is 52.1 Å². The van der Waals surface area contributed by atoms with E-state index >= 15 is 0 Å². The Morgan fingerprint density at radius 3 is 2.39 bits per heavy atom. The van der Waals surface area contributed by atoms with Gasteiger partial charge in [0.25, 0.3) is 0 Å². The molecule has 0 bridgehead atoms. The Morgan fingerprint density at radius 2 is 1.78 bits per heavy atom. The van der Waals surface area contributed by atoms with Crippen LogP contribution >= 0.6 is 15.9 Å².